The predicted molar refractivity (Wildman–Crippen MR) is 91.2 cm³/mol. The predicted octanol–water partition coefficient (Wildman–Crippen LogP) is 3.10. The first-order chi connectivity index (χ1) is 11.2. The van der Waals surface area contributed by atoms with Gasteiger partial charge in [0.2, 0.25) is 0 Å². The number of rotatable bonds is 5. The van der Waals surface area contributed by atoms with Crippen LogP contribution in [0.15, 0.2) is 24.3 Å². The highest BCUT2D eigenvalue weighted by Crippen LogP contribution is 2.43. The van der Waals surface area contributed by atoms with E-state index in [2.05, 4.69) is 11.0 Å². The van der Waals surface area contributed by atoms with Crippen molar-refractivity contribution in [3.8, 4) is 5.75 Å². The summed E-state index contributed by atoms with van der Waals surface area (Å²) >= 11 is 0. The van der Waals surface area contributed by atoms with Crippen LogP contribution in [0.5, 0.6) is 5.75 Å². The molecule has 0 bridgehead atoms. The van der Waals surface area contributed by atoms with Crippen molar-refractivity contribution < 1.29 is 9.53 Å². The van der Waals surface area contributed by atoms with Gasteiger partial charge in [-0.3, -0.25) is 9.69 Å². The monoisotopic (exact) mass is 316 g/mol. The van der Waals surface area contributed by atoms with Gasteiger partial charge in [-0.2, -0.15) is 0 Å². The van der Waals surface area contributed by atoms with E-state index in [9.17, 15) is 4.79 Å². The maximum Gasteiger partial charge on any atom is 0.255 e. The van der Waals surface area contributed by atoms with Gasteiger partial charge in [0.15, 0.2) is 6.61 Å². The third-order valence-corrected chi connectivity index (χ3v) is 5.34. The lowest BCUT2D eigenvalue weighted by Gasteiger charge is -2.45. The van der Waals surface area contributed by atoms with Crippen molar-refractivity contribution in [3.63, 3.8) is 0 Å². The summed E-state index contributed by atoms with van der Waals surface area (Å²) in [7, 11) is 0. The normalized spacial score (nSPS) is 21.2. The van der Waals surface area contributed by atoms with Gasteiger partial charge in [0, 0.05) is 13.1 Å². The third kappa shape index (κ3) is 4.47. The standard InChI is InChI=1S/C19H28N2O2/c20-18(22)14-23-17-7-4-6-16(12-17)13-21-11-5-10-19(15-21)8-2-1-3-9-19/h4,6-7,12H,1-3,5,8-11,13-15H2,(H2,20,22). The Morgan fingerprint density at radius 2 is 1.96 bits per heavy atom. The number of ether oxygens (including phenoxy) is 1. The van der Waals surface area contributed by atoms with Crippen LogP contribution in [0.2, 0.25) is 0 Å². The first kappa shape index (κ1) is 16.3. The molecule has 1 aliphatic carbocycles. The number of amides is 1. The molecule has 1 amide bonds. The minimum atomic E-state index is -0.439. The highest BCUT2D eigenvalue weighted by Gasteiger charge is 2.36. The molecule has 1 saturated carbocycles. The summed E-state index contributed by atoms with van der Waals surface area (Å²) in [5, 5.41) is 0. The quantitative estimate of drug-likeness (QED) is 0.908. The lowest BCUT2D eigenvalue weighted by atomic mass is 9.69. The van der Waals surface area contributed by atoms with Crippen LogP contribution in [-0.2, 0) is 11.3 Å². The molecule has 4 heteroatoms. The molecule has 126 valence electrons. The third-order valence-electron chi connectivity index (χ3n) is 5.34. The molecule has 1 aliphatic heterocycles. The molecule has 4 nitrogen and oxygen atoms in total. The number of benzene rings is 1. The molecule has 23 heavy (non-hydrogen) atoms. The van der Waals surface area contributed by atoms with Crippen molar-refractivity contribution in [1.82, 2.24) is 4.90 Å². The van der Waals surface area contributed by atoms with Gasteiger partial charge in [-0.1, -0.05) is 31.4 Å². The number of primary amides is 1. The number of carbonyl (C=O) groups excluding carboxylic acids is 1. The van der Waals surface area contributed by atoms with E-state index in [-0.39, 0.29) is 6.61 Å². The average molecular weight is 316 g/mol. The molecule has 1 aromatic rings. The van der Waals surface area contributed by atoms with E-state index in [1.165, 1.54) is 63.6 Å². The number of hydrogen-bond acceptors (Lipinski definition) is 3. The molecule has 0 atom stereocenters. The lowest BCUT2D eigenvalue weighted by Crippen LogP contribution is -2.43. The second-order valence-electron chi connectivity index (χ2n) is 7.28. The lowest BCUT2D eigenvalue weighted by molar-refractivity contribution is -0.119. The first-order valence-electron chi connectivity index (χ1n) is 8.88. The van der Waals surface area contributed by atoms with Crippen LogP contribution in [0.1, 0.15) is 50.5 Å². The molecule has 0 aromatic heterocycles. The molecular weight excluding hydrogens is 288 g/mol. The van der Waals surface area contributed by atoms with Crippen LogP contribution in [0.25, 0.3) is 0 Å². The Bertz CT molecular complexity index is 532. The Morgan fingerprint density at radius 3 is 2.74 bits per heavy atom. The fourth-order valence-electron chi connectivity index (χ4n) is 4.30. The van der Waals surface area contributed by atoms with Crippen LogP contribution in [0.3, 0.4) is 0 Å². The summed E-state index contributed by atoms with van der Waals surface area (Å²) in [6, 6.07) is 8.04. The Labute approximate surface area is 139 Å². The average Bonchev–Trinajstić information content (AvgIpc) is 2.54. The Morgan fingerprint density at radius 1 is 1.17 bits per heavy atom. The van der Waals surface area contributed by atoms with E-state index >= 15 is 0 Å². The summed E-state index contributed by atoms with van der Waals surface area (Å²) in [6.07, 6.45) is 9.77. The smallest absolute Gasteiger partial charge is 0.255 e. The van der Waals surface area contributed by atoms with Gasteiger partial charge in [0.1, 0.15) is 5.75 Å². The van der Waals surface area contributed by atoms with Gasteiger partial charge in [-0.05, 0) is 55.3 Å². The Balaban J connectivity index is 1.60. The molecule has 1 saturated heterocycles. The summed E-state index contributed by atoms with van der Waals surface area (Å²) in [5.74, 6) is 0.288. The van der Waals surface area contributed by atoms with Crippen molar-refractivity contribution in [3.05, 3.63) is 29.8 Å². The van der Waals surface area contributed by atoms with Crippen molar-refractivity contribution in [2.45, 2.75) is 51.5 Å². The molecule has 2 N–H and O–H groups in total. The van der Waals surface area contributed by atoms with Gasteiger partial charge < -0.3 is 10.5 Å². The molecule has 1 spiro atoms. The molecule has 2 aliphatic rings. The van der Waals surface area contributed by atoms with E-state index in [4.69, 9.17) is 10.5 Å². The topological polar surface area (TPSA) is 55.6 Å². The van der Waals surface area contributed by atoms with Gasteiger partial charge in [-0.15, -0.1) is 0 Å². The SMILES string of the molecule is NC(=O)COc1cccc(CN2CCCC3(CCCCC3)C2)c1. The maximum atomic E-state index is 10.8. The van der Waals surface area contributed by atoms with Crippen LogP contribution in [0.4, 0.5) is 0 Å². The van der Waals surface area contributed by atoms with Crippen LogP contribution >= 0.6 is 0 Å². The first-order valence-corrected chi connectivity index (χ1v) is 8.88. The van der Waals surface area contributed by atoms with Crippen LogP contribution < -0.4 is 10.5 Å². The summed E-state index contributed by atoms with van der Waals surface area (Å²) < 4.78 is 5.41. The van der Waals surface area contributed by atoms with Gasteiger partial charge in [-0.25, -0.2) is 0 Å². The molecule has 3 rings (SSSR count). The molecule has 0 radical (unpaired) electrons. The number of carbonyl (C=O) groups is 1. The van der Waals surface area contributed by atoms with Gasteiger partial charge >= 0.3 is 0 Å². The number of nitrogens with two attached hydrogens (primary N) is 1. The van der Waals surface area contributed by atoms with E-state index in [0.29, 0.717) is 5.41 Å². The zero-order valence-electron chi connectivity index (χ0n) is 13.9. The van der Waals surface area contributed by atoms with E-state index in [1.807, 2.05) is 18.2 Å². The van der Waals surface area contributed by atoms with Crippen molar-refractivity contribution >= 4 is 5.91 Å². The van der Waals surface area contributed by atoms with Gasteiger partial charge in [0.25, 0.3) is 5.91 Å². The molecule has 1 aromatic carbocycles. The Hall–Kier alpha value is -1.55. The number of likely N-dealkylation sites (tertiary alicyclic amines) is 1. The molecule has 2 fully saturated rings. The van der Waals surface area contributed by atoms with Crippen LogP contribution in [-0.4, -0.2) is 30.5 Å². The number of nitrogens with zero attached hydrogens (tertiary/aromatic N) is 1. The molecule has 0 unspecified atom stereocenters. The van der Waals surface area contributed by atoms with Crippen molar-refractivity contribution in [2.75, 3.05) is 19.7 Å². The highest BCUT2D eigenvalue weighted by molar-refractivity contribution is 5.75. The highest BCUT2D eigenvalue weighted by atomic mass is 16.5. The fraction of sp³-hybridized carbons (Fsp3) is 0.632. The largest absolute Gasteiger partial charge is 0.484 e. The van der Waals surface area contributed by atoms with E-state index in [1.54, 1.807) is 0 Å². The fourth-order valence-corrected chi connectivity index (χ4v) is 4.30. The zero-order valence-corrected chi connectivity index (χ0v) is 13.9. The van der Waals surface area contributed by atoms with Crippen molar-refractivity contribution in [1.29, 1.82) is 0 Å². The molecular formula is C19H28N2O2. The minimum absolute atomic E-state index is 0.0592. The van der Waals surface area contributed by atoms with Crippen molar-refractivity contribution in [2.24, 2.45) is 11.1 Å². The molecule has 1 heterocycles. The summed E-state index contributed by atoms with van der Waals surface area (Å²) in [5.41, 5.74) is 6.96. The van der Waals surface area contributed by atoms with E-state index in [0.717, 1.165) is 12.3 Å². The van der Waals surface area contributed by atoms with Gasteiger partial charge in [0.05, 0.1) is 0 Å². The maximum absolute atomic E-state index is 10.8. The minimum Gasteiger partial charge on any atom is -0.484 e. The zero-order chi connectivity index (χ0) is 16.1. The summed E-state index contributed by atoms with van der Waals surface area (Å²) in [4.78, 5) is 13.4. The Kier molecular flexibility index (Phi) is 5.21. The summed E-state index contributed by atoms with van der Waals surface area (Å²) in [6.45, 7) is 3.33. The second-order valence-corrected chi connectivity index (χ2v) is 7.28. The van der Waals surface area contributed by atoms with E-state index < -0.39 is 5.91 Å². The van der Waals surface area contributed by atoms with Crippen LogP contribution in [0, 0.1) is 5.41 Å². The number of piperidine rings is 1. The second kappa shape index (κ2) is 7.35. The number of hydrogen-bond donors (Lipinski definition) is 1.